The molecule has 0 amide bonds. The molecular formula is C10H12ClO. The monoisotopic (exact) mass is 183 g/mol. The second-order valence-corrected chi connectivity index (χ2v) is 2.86. The molecule has 65 valence electrons. The second kappa shape index (κ2) is 5.90. The molecule has 1 rings (SSSR count). The van der Waals surface area contributed by atoms with E-state index in [4.69, 9.17) is 16.3 Å². The Morgan fingerprint density at radius 1 is 1.42 bits per heavy atom. The fourth-order valence-electron chi connectivity index (χ4n) is 0.853. The normalized spacial score (nSPS) is 9.75. The van der Waals surface area contributed by atoms with Crippen LogP contribution >= 0.6 is 11.6 Å². The lowest BCUT2D eigenvalue weighted by atomic mass is 10.3. The molecule has 0 aliphatic rings. The number of benzene rings is 1. The van der Waals surface area contributed by atoms with Crippen molar-refractivity contribution in [1.29, 1.82) is 0 Å². The summed E-state index contributed by atoms with van der Waals surface area (Å²) in [5.74, 6) is 1.59. The van der Waals surface area contributed by atoms with Crippen LogP contribution in [-0.4, -0.2) is 12.5 Å². The predicted molar refractivity (Wildman–Crippen MR) is 50.7 cm³/mol. The quantitative estimate of drug-likeness (QED) is 0.504. The summed E-state index contributed by atoms with van der Waals surface area (Å²) in [7, 11) is 0. The Bertz CT molecular complexity index is 198. The van der Waals surface area contributed by atoms with E-state index in [9.17, 15) is 0 Å². The lowest BCUT2D eigenvalue weighted by molar-refractivity contribution is 0.309. The number of hydrogen-bond acceptors (Lipinski definition) is 1. The summed E-state index contributed by atoms with van der Waals surface area (Å²) >= 11 is 5.52. The molecule has 1 nitrogen and oxygen atoms in total. The molecule has 0 N–H and O–H groups in total. The van der Waals surface area contributed by atoms with Crippen LogP contribution in [0.25, 0.3) is 0 Å². The van der Waals surface area contributed by atoms with Crippen molar-refractivity contribution in [3.8, 4) is 5.75 Å². The summed E-state index contributed by atoms with van der Waals surface area (Å²) in [5.41, 5.74) is 0. The van der Waals surface area contributed by atoms with Crippen molar-refractivity contribution in [3.63, 3.8) is 0 Å². The van der Waals surface area contributed by atoms with Gasteiger partial charge in [0, 0.05) is 5.88 Å². The molecule has 12 heavy (non-hydrogen) atoms. The Kier molecular flexibility index (Phi) is 4.62. The minimum atomic E-state index is 0.713. The Balaban J connectivity index is 2.16. The maximum atomic E-state index is 5.52. The van der Waals surface area contributed by atoms with Crippen molar-refractivity contribution in [2.45, 2.75) is 12.8 Å². The van der Waals surface area contributed by atoms with Crippen LogP contribution in [0.4, 0.5) is 0 Å². The first-order chi connectivity index (χ1) is 5.93. The van der Waals surface area contributed by atoms with Crippen LogP contribution in [0.1, 0.15) is 12.8 Å². The summed E-state index contributed by atoms with van der Waals surface area (Å²) in [4.78, 5) is 0. The lowest BCUT2D eigenvalue weighted by Gasteiger charge is -2.03. The van der Waals surface area contributed by atoms with E-state index in [0.29, 0.717) is 5.88 Å². The SMILES string of the molecule is ClCCCCOc1c[c]ccc1. The Labute approximate surface area is 78.3 Å². The Morgan fingerprint density at radius 2 is 2.33 bits per heavy atom. The molecule has 2 heteroatoms. The van der Waals surface area contributed by atoms with Gasteiger partial charge in [-0.1, -0.05) is 12.1 Å². The predicted octanol–water partition coefficient (Wildman–Crippen LogP) is 2.88. The Morgan fingerprint density at radius 3 is 3.00 bits per heavy atom. The van der Waals surface area contributed by atoms with Gasteiger partial charge in [-0.2, -0.15) is 0 Å². The van der Waals surface area contributed by atoms with Gasteiger partial charge in [0.15, 0.2) is 0 Å². The molecule has 1 aromatic carbocycles. The van der Waals surface area contributed by atoms with Crippen LogP contribution in [0.5, 0.6) is 5.75 Å². The molecule has 0 saturated carbocycles. The highest BCUT2D eigenvalue weighted by Crippen LogP contribution is 2.08. The van der Waals surface area contributed by atoms with Crippen LogP contribution in [0.3, 0.4) is 0 Å². The average molecular weight is 184 g/mol. The highest BCUT2D eigenvalue weighted by Gasteiger charge is 1.90. The van der Waals surface area contributed by atoms with Crippen molar-refractivity contribution in [1.82, 2.24) is 0 Å². The first kappa shape index (κ1) is 9.40. The van der Waals surface area contributed by atoms with Gasteiger partial charge in [-0.15, -0.1) is 11.6 Å². The van der Waals surface area contributed by atoms with Crippen LogP contribution in [-0.2, 0) is 0 Å². The van der Waals surface area contributed by atoms with Crippen molar-refractivity contribution in [3.05, 3.63) is 30.3 Å². The van der Waals surface area contributed by atoms with E-state index in [1.54, 1.807) is 0 Å². The fourth-order valence-corrected chi connectivity index (χ4v) is 1.04. The first-order valence-corrected chi connectivity index (χ1v) is 4.62. The van der Waals surface area contributed by atoms with Gasteiger partial charge >= 0.3 is 0 Å². The fraction of sp³-hybridized carbons (Fsp3) is 0.400. The molecule has 1 aromatic rings. The molecule has 0 heterocycles. The molecule has 0 spiro atoms. The summed E-state index contributed by atoms with van der Waals surface area (Å²) < 4.78 is 5.42. The molecule has 0 bridgehead atoms. The Hall–Kier alpha value is -0.690. The molecular weight excluding hydrogens is 172 g/mol. The van der Waals surface area contributed by atoms with Gasteiger partial charge in [-0.3, -0.25) is 0 Å². The largest absolute Gasteiger partial charge is 0.494 e. The molecule has 0 aliphatic carbocycles. The van der Waals surface area contributed by atoms with Crippen molar-refractivity contribution < 1.29 is 4.74 Å². The number of ether oxygens (including phenoxy) is 1. The average Bonchev–Trinajstić information content (AvgIpc) is 2.14. The van der Waals surface area contributed by atoms with E-state index in [0.717, 1.165) is 25.2 Å². The number of rotatable bonds is 5. The third kappa shape index (κ3) is 3.63. The van der Waals surface area contributed by atoms with Gasteiger partial charge in [0.1, 0.15) is 5.75 Å². The van der Waals surface area contributed by atoms with Crippen LogP contribution in [0, 0.1) is 6.07 Å². The van der Waals surface area contributed by atoms with Gasteiger partial charge in [-0.25, -0.2) is 0 Å². The van der Waals surface area contributed by atoms with Crippen molar-refractivity contribution in [2.75, 3.05) is 12.5 Å². The van der Waals surface area contributed by atoms with Gasteiger partial charge in [0.2, 0.25) is 0 Å². The van der Waals surface area contributed by atoms with Gasteiger partial charge in [-0.05, 0) is 31.0 Å². The minimum absolute atomic E-state index is 0.713. The standard InChI is InChI=1S/C10H12ClO/c11-8-4-5-9-12-10-6-2-1-3-7-10/h1-2,6-7H,4-5,8-9H2. The first-order valence-electron chi connectivity index (χ1n) is 4.08. The number of unbranched alkanes of at least 4 members (excludes halogenated alkanes) is 1. The minimum Gasteiger partial charge on any atom is -0.494 e. The molecule has 0 unspecified atom stereocenters. The van der Waals surface area contributed by atoms with E-state index >= 15 is 0 Å². The number of halogens is 1. The molecule has 0 aliphatic heterocycles. The summed E-state index contributed by atoms with van der Waals surface area (Å²) in [6, 6.07) is 10.5. The third-order valence-electron chi connectivity index (χ3n) is 1.48. The summed E-state index contributed by atoms with van der Waals surface area (Å²) in [6.45, 7) is 0.741. The second-order valence-electron chi connectivity index (χ2n) is 2.48. The van der Waals surface area contributed by atoms with Crippen LogP contribution in [0.2, 0.25) is 0 Å². The summed E-state index contributed by atoms with van der Waals surface area (Å²) in [5, 5.41) is 0. The smallest absolute Gasteiger partial charge is 0.119 e. The third-order valence-corrected chi connectivity index (χ3v) is 1.74. The highest BCUT2D eigenvalue weighted by molar-refractivity contribution is 6.17. The van der Waals surface area contributed by atoms with Gasteiger partial charge < -0.3 is 4.74 Å². The molecule has 0 aromatic heterocycles. The van der Waals surface area contributed by atoms with E-state index in [1.165, 1.54) is 0 Å². The van der Waals surface area contributed by atoms with E-state index < -0.39 is 0 Å². The zero-order valence-electron chi connectivity index (χ0n) is 6.92. The zero-order valence-corrected chi connectivity index (χ0v) is 7.68. The molecule has 0 saturated heterocycles. The summed E-state index contributed by atoms with van der Waals surface area (Å²) in [6.07, 6.45) is 2.02. The number of hydrogen-bond donors (Lipinski definition) is 0. The van der Waals surface area contributed by atoms with Gasteiger partial charge in [0.25, 0.3) is 0 Å². The maximum Gasteiger partial charge on any atom is 0.119 e. The van der Waals surface area contributed by atoms with E-state index in [2.05, 4.69) is 6.07 Å². The topological polar surface area (TPSA) is 9.23 Å². The maximum absolute atomic E-state index is 5.52. The number of alkyl halides is 1. The molecule has 0 atom stereocenters. The van der Waals surface area contributed by atoms with Gasteiger partial charge in [0.05, 0.1) is 6.61 Å². The zero-order chi connectivity index (χ0) is 8.65. The van der Waals surface area contributed by atoms with E-state index in [-0.39, 0.29) is 0 Å². The van der Waals surface area contributed by atoms with Crippen LogP contribution in [0.15, 0.2) is 24.3 Å². The van der Waals surface area contributed by atoms with Crippen molar-refractivity contribution in [2.24, 2.45) is 0 Å². The highest BCUT2D eigenvalue weighted by atomic mass is 35.5. The van der Waals surface area contributed by atoms with Crippen LogP contribution < -0.4 is 4.74 Å². The molecule has 0 fully saturated rings. The lowest BCUT2D eigenvalue weighted by Crippen LogP contribution is -1.96. The van der Waals surface area contributed by atoms with E-state index in [1.807, 2.05) is 24.3 Å². The van der Waals surface area contributed by atoms with Crippen molar-refractivity contribution >= 4 is 11.6 Å². The molecule has 1 radical (unpaired) electrons.